The normalized spacial score (nSPS) is 16.8. The molecule has 1 aliphatic rings. The molecule has 2 aromatic carbocycles. The quantitative estimate of drug-likeness (QED) is 0.603. The van der Waals surface area contributed by atoms with Crippen molar-refractivity contribution >= 4 is 40.4 Å². The minimum atomic E-state index is -0.648. The fourth-order valence-electron chi connectivity index (χ4n) is 2.37. The Labute approximate surface area is 160 Å². The number of rotatable bonds is 3. The van der Waals surface area contributed by atoms with E-state index in [0.717, 1.165) is 23.4 Å². The van der Waals surface area contributed by atoms with Crippen LogP contribution in [0.4, 0.5) is 5.69 Å². The number of aliphatic imine (C=N–C) groups is 1. The number of nitrogens with zero attached hydrogens (tertiary/aromatic N) is 2. The van der Waals surface area contributed by atoms with Gasteiger partial charge in [-0.3, -0.25) is 14.5 Å². The van der Waals surface area contributed by atoms with Crippen LogP contribution in [-0.2, 0) is 14.3 Å². The predicted molar refractivity (Wildman–Crippen MR) is 105 cm³/mol. The summed E-state index contributed by atoms with van der Waals surface area (Å²) in [6, 6.07) is 15.8. The molecule has 3 rings (SSSR count). The number of anilines is 1. The number of amidine groups is 1. The van der Waals surface area contributed by atoms with Crippen molar-refractivity contribution in [1.82, 2.24) is 0 Å². The Kier molecular flexibility index (Phi) is 5.52. The summed E-state index contributed by atoms with van der Waals surface area (Å²) in [6.07, 6.45) is 1.10. The largest absolute Gasteiger partial charge is 0.466 e. The van der Waals surface area contributed by atoms with Crippen LogP contribution in [0.15, 0.2) is 70.6 Å². The minimum absolute atomic E-state index is 0.140. The van der Waals surface area contributed by atoms with E-state index in [9.17, 15) is 14.4 Å². The summed E-state index contributed by atoms with van der Waals surface area (Å²) in [7, 11) is 1.23. The fraction of sp³-hybridized carbons (Fsp3) is 0.100. The van der Waals surface area contributed by atoms with E-state index < -0.39 is 17.8 Å². The molecule has 1 fully saturated rings. The van der Waals surface area contributed by atoms with E-state index in [4.69, 9.17) is 0 Å². The second-order valence-electron chi connectivity index (χ2n) is 5.68. The second-order valence-corrected chi connectivity index (χ2v) is 6.68. The lowest BCUT2D eigenvalue weighted by atomic mass is 10.1. The maximum atomic E-state index is 12.8. The predicted octanol–water partition coefficient (Wildman–Crippen LogP) is 3.33. The van der Waals surface area contributed by atoms with Crippen molar-refractivity contribution in [3.8, 4) is 0 Å². The van der Waals surface area contributed by atoms with Gasteiger partial charge in [0, 0.05) is 11.6 Å². The van der Waals surface area contributed by atoms with Crippen molar-refractivity contribution in [2.24, 2.45) is 4.99 Å². The number of benzene rings is 2. The highest BCUT2D eigenvalue weighted by atomic mass is 32.2. The summed E-state index contributed by atoms with van der Waals surface area (Å²) in [4.78, 5) is 42.4. The third-order valence-corrected chi connectivity index (χ3v) is 4.74. The molecule has 27 heavy (non-hydrogen) atoms. The molecule has 2 amide bonds. The number of hydrogen-bond donors (Lipinski definition) is 0. The minimum Gasteiger partial charge on any atom is -0.466 e. The van der Waals surface area contributed by atoms with Gasteiger partial charge in [0.15, 0.2) is 5.17 Å². The Morgan fingerprint density at radius 1 is 1.07 bits per heavy atom. The molecule has 0 atom stereocenters. The van der Waals surface area contributed by atoms with E-state index in [-0.39, 0.29) is 10.1 Å². The van der Waals surface area contributed by atoms with Gasteiger partial charge in [-0.1, -0.05) is 35.9 Å². The molecule has 0 radical (unpaired) electrons. The Hall–Kier alpha value is -3.19. The number of para-hydroxylation sites is 1. The molecule has 0 aliphatic carbocycles. The number of carbonyl (C=O) groups is 3. The molecule has 1 aliphatic heterocycles. The standard InChI is InChI=1S/C20H16N2O4S/c1-13-8-10-14(11-9-13)18(24)21-20-22(15-6-4-3-5-7-15)19(25)16(27-20)12-17(23)26-2/h3-12H,1-2H3/b16-12-,21-20?. The average Bonchev–Trinajstić information content (AvgIpc) is 2.97. The summed E-state index contributed by atoms with van der Waals surface area (Å²) < 4.78 is 4.59. The first-order valence-electron chi connectivity index (χ1n) is 8.06. The van der Waals surface area contributed by atoms with E-state index in [0.29, 0.717) is 11.3 Å². The first-order valence-corrected chi connectivity index (χ1v) is 8.88. The number of hydrogen-bond acceptors (Lipinski definition) is 5. The van der Waals surface area contributed by atoms with E-state index in [1.807, 2.05) is 25.1 Å². The highest BCUT2D eigenvalue weighted by Crippen LogP contribution is 2.35. The van der Waals surface area contributed by atoms with Crippen molar-refractivity contribution in [1.29, 1.82) is 0 Å². The van der Waals surface area contributed by atoms with Crippen LogP contribution >= 0.6 is 11.8 Å². The topological polar surface area (TPSA) is 76.0 Å². The number of ether oxygens (including phenoxy) is 1. The van der Waals surface area contributed by atoms with Gasteiger partial charge in [0.25, 0.3) is 11.8 Å². The molecule has 0 aromatic heterocycles. The van der Waals surface area contributed by atoms with E-state index in [1.165, 1.54) is 12.0 Å². The van der Waals surface area contributed by atoms with Gasteiger partial charge in [0.05, 0.1) is 17.7 Å². The highest BCUT2D eigenvalue weighted by molar-refractivity contribution is 8.19. The summed E-state index contributed by atoms with van der Waals surface area (Å²) in [5.74, 6) is -1.55. The molecular weight excluding hydrogens is 364 g/mol. The van der Waals surface area contributed by atoms with Crippen molar-refractivity contribution < 1.29 is 19.1 Å². The van der Waals surface area contributed by atoms with Gasteiger partial charge in [-0.25, -0.2) is 4.79 Å². The van der Waals surface area contributed by atoms with Crippen LogP contribution in [0.25, 0.3) is 0 Å². The molecule has 0 saturated carbocycles. The molecule has 2 aromatic rings. The molecular formula is C20H16N2O4S. The van der Waals surface area contributed by atoms with Crippen LogP contribution in [0, 0.1) is 6.92 Å². The van der Waals surface area contributed by atoms with Gasteiger partial charge in [0.1, 0.15) is 0 Å². The lowest BCUT2D eigenvalue weighted by Gasteiger charge is -2.15. The lowest BCUT2D eigenvalue weighted by molar-refractivity contribution is -0.135. The lowest BCUT2D eigenvalue weighted by Crippen LogP contribution is -2.29. The summed E-state index contributed by atoms with van der Waals surface area (Å²) >= 11 is 0.957. The Morgan fingerprint density at radius 2 is 1.74 bits per heavy atom. The van der Waals surface area contributed by atoms with Gasteiger partial charge in [-0.15, -0.1) is 0 Å². The van der Waals surface area contributed by atoms with Crippen LogP contribution in [0.1, 0.15) is 15.9 Å². The third kappa shape index (κ3) is 4.15. The fourth-order valence-corrected chi connectivity index (χ4v) is 3.31. The van der Waals surface area contributed by atoms with Crippen LogP contribution < -0.4 is 4.90 Å². The van der Waals surface area contributed by atoms with Crippen LogP contribution in [0.3, 0.4) is 0 Å². The molecule has 6 nitrogen and oxygen atoms in total. The molecule has 0 bridgehead atoms. The Morgan fingerprint density at radius 3 is 2.37 bits per heavy atom. The number of carbonyl (C=O) groups excluding carboxylic acids is 3. The molecule has 1 heterocycles. The molecule has 7 heteroatoms. The maximum absolute atomic E-state index is 12.8. The number of aryl methyl sites for hydroxylation is 1. The zero-order valence-electron chi connectivity index (χ0n) is 14.7. The summed E-state index contributed by atoms with van der Waals surface area (Å²) in [5, 5.41) is 0.187. The molecule has 1 saturated heterocycles. The number of amides is 2. The van der Waals surface area contributed by atoms with E-state index in [1.54, 1.807) is 36.4 Å². The smallest absolute Gasteiger partial charge is 0.331 e. The zero-order chi connectivity index (χ0) is 19.4. The maximum Gasteiger partial charge on any atom is 0.331 e. The van der Waals surface area contributed by atoms with Crippen molar-refractivity contribution in [3.63, 3.8) is 0 Å². The molecule has 0 spiro atoms. The molecule has 136 valence electrons. The van der Waals surface area contributed by atoms with Crippen LogP contribution in [-0.4, -0.2) is 30.1 Å². The SMILES string of the molecule is COC(=O)/C=C1\SC(=NC(=O)c2ccc(C)cc2)N(c2ccccc2)C1=O. The van der Waals surface area contributed by atoms with Gasteiger partial charge in [0.2, 0.25) is 0 Å². The zero-order valence-corrected chi connectivity index (χ0v) is 15.5. The van der Waals surface area contributed by atoms with Gasteiger partial charge in [-0.2, -0.15) is 4.99 Å². The summed E-state index contributed by atoms with van der Waals surface area (Å²) in [5.41, 5.74) is 2.00. The van der Waals surface area contributed by atoms with E-state index >= 15 is 0 Å². The van der Waals surface area contributed by atoms with Crippen molar-refractivity contribution in [3.05, 3.63) is 76.7 Å². The molecule has 0 N–H and O–H groups in total. The van der Waals surface area contributed by atoms with E-state index in [2.05, 4.69) is 9.73 Å². The second kappa shape index (κ2) is 8.01. The Balaban J connectivity index is 2.00. The van der Waals surface area contributed by atoms with Crippen LogP contribution in [0.2, 0.25) is 0 Å². The monoisotopic (exact) mass is 380 g/mol. The average molecular weight is 380 g/mol. The summed E-state index contributed by atoms with van der Waals surface area (Å²) in [6.45, 7) is 1.92. The molecule has 0 unspecified atom stereocenters. The number of esters is 1. The first-order chi connectivity index (χ1) is 13.0. The van der Waals surface area contributed by atoms with Crippen LogP contribution in [0.5, 0.6) is 0 Å². The van der Waals surface area contributed by atoms with Gasteiger partial charge >= 0.3 is 5.97 Å². The highest BCUT2D eigenvalue weighted by Gasteiger charge is 2.35. The van der Waals surface area contributed by atoms with Gasteiger partial charge < -0.3 is 4.74 Å². The number of thioether (sulfide) groups is 1. The van der Waals surface area contributed by atoms with Crippen molar-refractivity contribution in [2.45, 2.75) is 6.92 Å². The van der Waals surface area contributed by atoms with Crippen molar-refractivity contribution in [2.75, 3.05) is 12.0 Å². The first kappa shape index (κ1) is 18.6. The Bertz CT molecular complexity index is 950. The third-order valence-electron chi connectivity index (χ3n) is 3.77. The van der Waals surface area contributed by atoms with Gasteiger partial charge in [-0.05, 0) is 43.0 Å². The number of methoxy groups -OCH3 is 1.